The summed E-state index contributed by atoms with van der Waals surface area (Å²) in [5.74, 6) is -0.127. The molecule has 10 nitrogen and oxygen atoms in total. The molecule has 0 aliphatic carbocycles. The molecule has 1 amide bonds. The van der Waals surface area contributed by atoms with Crippen molar-refractivity contribution < 1.29 is 18.1 Å². The number of fused-ring (bicyclic) bond motifs is 3. The van der Waals surface area contributed by atoms with Crippen LogP contribution in [0.5, 0.6) is 0 Å². The van der Waals surface area contributed by atoms with Crippen LogP contribution in [0.15, 0.2) is 105 Å². The Hall–Kier alpha value is -3.62. The van der Waals surface area contributed by atoms with Crippen molar-refractivity contribution in [2.75, 3.05) is 42.1 Å². The summed E-state index contributed by atoms with van der Waals surface area (Å²) >= 11 is 5.25. The number of piperazine rings is 1. The lowest BCUT2D eigenvalue weighted by atomic mass is 9.92. The number of sulfonamides is 1. The molecule has 0 aromatic heterocycles. The topological polar surface area (TPSA) is 125 Å². The predicted octanol–water partition coefficient (Wildman–Crippen LogP) is 6.74. The van der Waals surface area contributed by atoms with Crippen molar-refractivity contribution in [1.29, 1.82) is 0 Å². The van der Waals surface area contributed by atoms with E-state index in [0.717, 1.165) is 65.7 Å². The molecule has 1 atom stereocenters. The lowest BCUT2D eigenvalue weighted by Gasteiger charge is -2.46. The molecule has 0 unspecified atom stereocenters. The van der Waals surface area contributed by atoms with Gasteiger partial charge in [0.25, 0.3) is 21.6 Å². The highest BCUT2D eigenvalue weighted by molar-refractivity contribution is 9.10. The van der Waals surface area contributed by atoms with Crippen LogP contribution in [0.4, 0.5) is 17.1 Å². The van der Waals surface area contributed by atoms with Gasteiger partial charge in [0.15, 0.2) is 0 Å². The maximum Gasteiger partial charge on any atom is 0.293 e. The number of aryl methyl sites for hydroxylation is 1. The van der Waals surface area contributed by atoms with Gasteiger partial charge in [0.1, 0.15) is 5.69 Å². The Morgan fingerprint density at radius 2 is 1.77 bits per heavy atom. The van der Waals surface area contributed by atoms with Crippen LogP contribution in [0.25, 0.3) is 0 Å². The van der Waals surface area contributed by atoms with Gasteiger partial charge < -0.3 is 10.2 Å². The molecule has 2 heterocycles. The van der Waals surface area contributed by atoms with Crippen LogP contribution in [0.3, 0.4) is 0 Å². The number of hydrogen-bond acceptors (Lipinski definition) is 9. The van der Waals surface area contributed by atoms with Crippen LogP contribution in [-0.2, 0) is 23.0 Å². The van der Waals surface area contributed by atoms with E-state index in [1.165, 1.54) is 17.7 Å². The number of halogens is 2. The van der Waals surface area contributed by atoms with E-state index in [9.17, 15) is 23.3 Å². The minimum absolute atomic E-state index is 0. The second kappa shape index (κ2) is 15.7. The normalized spacial score (nSPS) is 15.9. The van der Waals surface area contributed by atoms with E-state index in [0.29, 0.717) is 18.3 Å². The third-order valence-electron chi connectivity index (χ3n) is 8.45. The molecule has 4 aromatic carbocycles. The smallest absolute Gasteiger partial charge is 0.293 e. The van der Waals surface area contributed by atoms with Gasteiger partial charge in [0.05, 0.1) is 9.82 Å². The molecule has 6 rings (SSSR count). The zero-order valence-corrected chi connectivity index (χ0v) is 29.9. The molecule has 48 heavy (non-hydrogen) atoms. The highest BCUT2D eigenvalue weighted by atomic mass is 79.9. The first-order valence-corrected chi connectivity index (χ1v) is 18.6. The van der Waals surface area contributed by atoms with Gasteiger partial charge in [-0.05, 0) is 72.5 Å². The summed E-state index contributed by atoms with van der Waals surface area (Å²) in [7, 11) is -4.37. The molecule has 0 radical (unpaired) electrons. The molecule has 2 N–H and O–H groups in total. The summed E-state index contributed by atoms with van der Waals surface area (Å²) in [6.07, 6.45) is 1.70. The highest BCUT2D eigenvalue weighted by Crippen LogP contribution is 2.34. The lowest BCUT2D eigenvalue weighted by molar-refractivity contribution is -0.384. The minimum atomic E-state index is -4.37. The summed E-state index contributed by atoms with van der Waals surface area (Å²) in [5.41, 5.74) is 3.38. The zero-order chi connectivity index (χ0) is 33.0. The Labute approximate surface area is 299 Å². The van der Waals surface area contributed by atoms with Gasteiger partial charge in [-0.1, -0.05) is 52.3 Å². The van der Waals surface area contributed by atoms with Crippen LogP contribution < -0.4 is 14.9 Å². The molecular weight excluding hydrogens is 738 g/mol. The molecule has 0 saturated carbocycles. The van der Waals surface area contributed by atoms with Crippen LogP contribution in [0, 0.1) is 10.1 Å². The van der Waals surface area contributed by atoms with Crippen molar-refractivity contribution in [3.05, 3.63) is 122 Å². The molecule has 1 saturated heterocycles. The van der Waals surface area contributed by atoms with Gasteiger partial charge in [0.2, 0.25) is 0 Å². The molecule has 0 bridgehead atoms. The zero-order valence-electron chi connectivity index (χ0n) is 25.9. The summed E-state index contributed by atoms with van der Waals surface area (Å²) in [4.78, 5) is 29.9. The van der Waals surface area contributed by atoms with Crippen molar-refractivity contribution in [2.45, 2.75) is 35.2 Å². The number of rotatable bonds is 11. The number of nitro groups is 1. The Balaban J connectivity index is 0.00000451. The van der Waals surface area contributed by atoms with E-state index in [2.05, 4.69) is 54.0 Å². The molecule has 2 aliphatic rings. The van der Waals surface area contributed by atoms with Crippen LogP contribution in [0.2, 0.25) is 0 Å². The fraction of sp³-hybridized carbons (Fsp3) is 0.265. The fourth-order valence-electron chi connectivity index (χ4n) is 6.11. The molecule has 2 aliphatic heterocycles. The van der Waals surface area contributed by atoms with Crippen LogP contribution in [0.1, 0.15) is 27.9 Å². The Morgan fingerprint density at radius 3 is 2.54 bits per heavy atom. The Kier molecular flexibility index (Phi) is 11.7. The van der Waals surface area contributed by atoms with Gasteiger partial charge in [0, 0.05) is 71.2 Å². The van der Waals surface area contributed by atoms with Gasteiger partial charge in [-0.15, -0.1) is 24.2 Å². The summed E-state index contributed by atoms with van der Waals surface area (Å²) in [5, 5.41) is 14.8. The molecule has 14 heteroatoms. The summed E-state index contributed by atoms with van der Waals surface area (Å²) in [6.45, 7) is 4.02. The second-order valence-electron chi connectivity index (χ2n) is 11.5. The quantitative estimate of drug-likeness (QED) is 0.0739. The largest absolute Gasteiger partial charge is 0.379 e. The van der Waals surface area contributed by atoms with Crippen LogP contribution >= 0.6 is 40.1 Å². The number of carbonyl (C=O) groups excluding carboxylic acids is 1. The van der Waals surface area contributed by atoms with Gasteiger partial charge in [-0.25, -0.2) is 13.1 Å². The number of anilines is 2. The van der Waals surface area contributed by atoms with Crippen molar-refractivity contribution in [3.63, 3.8) is 0 Å². The SMILES string of the molecule is Cl.O=C(NS(=O)(=O)c1ccc(NCCSc2ccccc2)c([N+](=O)[O-])c1)c1ccc2c(c1)CC[C@H]1CN(Cc3ccccc3Br)CCN21. The van der Waals surface area contributed by atoms with E-state index < -0.39 is 20.9 Å². The molecular formula is C34H35BrClN5O5S2. The molecule has 0 spiro atoms. The van der Waals surface area contributed by atoms with Gasteiger partial charge >= 0.3 is 0 Å². The van der Waals surface area contributed by atoms with E-state index >= 15 is 0 Å². The maximum absolute atomic E-state index is 13.2. The third kappa shape index (κ3) is 8.32. The average molecular weight is 773 g/mol. The van der Waals surface area contributed by atoms with E-state index in [1.54, 1.807) is 23.9 Å². The molecule has 1 fully saturated rings. The molecule has 252 valence electrons. The number of hydrogen-bond donors (Lipinski definition) is 2. The van der Waals surface area contributed by atoms with Crippen molar-refractivity contribution >= 4 is 73.1 Å². The Bertz CT molecular complexity index is 1900. The molecule has 4 aromatic rings. The fourth-order valence-corrected chi connectivity index (χ4v) is 8.31. The third-order valence-corrected chi connectivity index (χ3v) is 11.6. The van der Waals surface area contributed by atoms with E-state index in [1.807, 2.05) is 42.5 Å². The van der Waals surface area contributed by atoms with Crippen molar-refractivity contribution in [2.24, 2.45) is 0 Å². The van der Waals surface area contributed by atoms with Crippen LogP contribution in [-0.4, -0.2) is 62.1 Å². The lowest BCUT2D eigenvalue weighted by Crippen LogP contribution is -2.54. The van der Waals surface area contributed by atoms with E-state index in [4.69, 9.17) is 0 Å². The number of benzene rings is 4. The van der Waals surface area contributed by atoms with Crippen molar-refractivity contribution in [3.8, 4) is 0 Å². The number of nitro benzene ring substituents is 1. The summed E-state index contributed by atoms with van der Waals surface area (Å²) in [6, 6.07) is 27.3. The minimum Gasteiger partial charge on any atom is -0.379 e. The predicted molar refractivity (Wildman–Crippen MR) is 196 cm³/mol. The number of nitrogens with zero attached hydrogens (tertiary/aromatic N) is 3. The monoisotopic (exact) mass is 771 g/mol. The van der Waals surface area contributed by atoms with Crippen molar-refractivity contribution in [1.82, 2.24) is 9.62 Å². The van der Waals surface area contributed by atoms with E-state index in [-0.39, 0.29) is 34.2 Å². The van der Waals surface area contributed by atoms with Gasteiger partial charge in [-0.2, -0.15) is 0 Å². The number of carbonyl (C=O) groups is 1. The highest BCUT2D eigenvalue weighted by Gasteiger charge is 2.32. The first kappa shape index (κ1) is 35.7. The second-order valence-corrected chi connectivity index (χ2v) is 15.2. The summed E-state index contributed by atoms with van der Waals surface area (Å²) < 4.78 is 29.6. The first-order chi connectivity index (χ1) is 22.7. The Morgan fingerprint density at radius 1 is 1.00 bits per heavy atom. The standard InChI is InChI=1S/C34H34BrN5O5S2.ClH/c35-30-9-5-4-6-26(30)22-38-17-18-39-27(23-38)12-10-24-20-25(11-15-32(24)39)34(41)37-47(44,45)29-13-14-31(33(21-29)40(42)43)36-16-19-46-28-7-2-1-3-8-28;/h1-9,11,13-15,20-21,27,36H,10,12,16-19,22-23H2,(H,37,41);1H/t27-;/m0./s1. The number of thioether (sulfide) groups is 1. The first-order valence-electron chi connectivity index (χ1n) is 15.3. The average Bonchev–Trinajstić information content (AvgIpc) is 3.07. The number of amides is 1. The van der Waals surface area contributed by atoms with Gasteiger partial charge in [-0.3, -0.25) is 19.8 Å². The maximum atomic E-state index is 13.2. The number of nitrogens with one attached hydrogen (secondary N) is 2.